The van der Waals surface area contributed by atoms with Crippen LogP contribution in [0.1, 0.15) is 17.0 Å². The Labute approximate surface area is 162 Å². The number of hydrogen-bond donors (Lipinski definition) is 1. The first-order valence-electron chi connectivity index (χ1n) is 9.27. The summed E-state index contributed by atoms with van der Waals surface area (Å²) in [7, 11) is 0. The number of pyridine rings is 1. The zero-order valence-corrected chi connectivity index (χ0v) is 15.1. The molecule has 28 heavy (non-hydrogen) atoms. The molecule has 5 rings (SSSR count). The third kappa shape index (κ3) is 2.79. The third-order valence-electron chi connectivity index (χ3n) is 5.23. The van der Waals surface area contributed by atoms with Crippen molar-refractivity contribution in [3.05, 3.63) is 96.2 Å². The summed E-state index contributed by atoms with van der Waals surface area (Å²) in [6.45, 7) is 0.295. The second-order valence-electron chi connectivity index (χ2n) is 6.83. The summed E-state index contributed by atoms with van der Waals surface area (Å²) >= 11 is 0. The fourth-order valence-corrected chi connectivity index (χ4v) is 3.95. The number of nitrogens with zero attached hydrogens (tertiary/aromatic N) is 1. The van der Waals surface area contributed by atoms with E-state index in [-0.39, 0.29) is 5.92 Å². The lowest BCUT2D eigenvalue weighted by Gasteiger charge is -2.15. The van der Waals surface area contributed by atoms with Crippen LogP contribution in [0.25, 0.3) is 22.0 Å². The van der Waals surface area contributed by atoms with Gasteiger partial charge in [0, 0.05) is 17.5 Å². The number of anilines is 1. The number of fused-ring (bicyclic) bond motifs is 4. The predicted octanol–water partition coefficient (Wildman–Crippen LogP) is 5.60. The Hall–Kier alpha value is -3.66. The van der Waals surface area contributed by atoms with Crippen LogP contribution in [0.4, 0.5) is 10.5 Å². The Morgan fingerprint density at radius 3 is 2.25 bits per heavy atom. The second kappa shape index (κ2) is 6.82. The zero-order valence-electron chi connectivity index (χ0n) is 15.1. The molecule has 0 saturated heterocycles. The Morgan fingerprint density at radius 2 is 1.50 bits per heavy atom. The molecule has 0 radical (unpaired) electrons. The number of hydrogen-bond acceptors (Lipinski definition) is 3. The van der Waals surface area contributed by atoms with Gasteiger partial charge in [-0.25, -0.2) is 4.79 Å². The van der Waals surface area contributed by atoms with Crippen LogP contribution >= 0.6 is 0 Å². The summed E-state index contributed by atoms with van der Waals surface area (Å²) in [6, 6.07) is 26.1. The van der Waals surface area contributed by atoms with Crippen LogP contribution in [0.15, 0.2) is 85.1 Å². The molecule has 1 N–H and O–H groups in total. The largest absolute Gasteiger partial charge is 0.448 e. The highest BCUT2D eigenvalue weighted by molar-refractivity contribution is 5.98. The van der Waals surface area contributed by atoms with Crippen LogP contribution < -0.4 is 5.32 Å². The van der Waals surface area contributed by atoms with E-state index in [0.29, 0.717) is 12.3 Å². The van der Waals surface area contributed by atoms with E-state index in [9.17, 15) is 4.79 Å². The van der Waals surface area contributed by atoms with Crippen LogP contribution in [0.5, 0.6) is 0 Å². The molecule has 0 saturated carbocycles. The van der Waals surface area contributed by atoms with Crippen molar-refractivity contribution in [3.8, 4) is 11.1 Å². The highest BCUT2D eigenvalue weighted by Crippen LogP contribution is 2.44. The van der Waals surface area contributed by atoms with Crippen molar-refractivity contribution in [3.63, 3.8) is 0 Å². The molecule has 0 unspecified atom stereocenters. The normalized spacial score (nSPS) is 12.4. The Balaban J connectivity index is 1.36. The number of amides is 1. The third-order valence-corrected chi connectivity index (χ3v) is 5.23. The van der Waals surface area contributed by atoms with E-state index < -0.39 is 6.09 Å². The van der Waals surface area contributed by atoms with E-state index in [0.717, 1.165) is 10.9 Å². The summed E-state index contributed by atoms with van der Waals surface area (Å²) in [5.74, 6) is 0.0485. The van der Waals surface area contributed by atoms with Crippen molar-refractivity contribution in [2.75, 3.05) is 11.9 Å². The molecular weight excluding hydrogens is 348 g/mol. The van der Waals surface area contributed by atoms with Crippen molar-refractivity contribution < 1.29 is 9.53 Å². The number of benzene rings is 3. The lowest BCUT2D eigenvalue weighted by atomic mass is 9.98. The first-order chi connectivity index (χ1) is 13.8. The van der Waals surface area contributed by atoms with Gasteiger partial charge in [-0.05, 0) is 34.4 Å². The number of nitrogens with one attached hydrogen (secondary N) is 1. The minimum absolute atomic E-state index is 0.0485. The standard InChI is InChI=1S/C24H18N2O2/c27-24(26-23-13-14-25-22-12-6-5-11-20(22)23)28-15-21-18-9-3-1-7-16(18)17-8-2-4-10-19(17)21/h1-14,21H,15H2,(H,25,26,27). The topological polar surface area (TPSA) is 51.2 Å². The molecule has 136 valence electrons. The Morgan fingerprint density at radius 1 is 0.857 bits per heavy atom. The lowest BCUT2D eigenvalue weighted by Crippen LogP contribution is -2.18. The monoisotopic (exact) mass is 366 g/mol. The minimum Gasteiger partial charge on any atom is -0.448 e. The number of rotatable bonds is 3. The quantitative estimate of drug-likeness (QED) is 0.514. The number of aromatic nitrogens is 1. The van der Waals surface area contributed by atoms with Crippen LogP contribution in [-0.4, -0.2) is 17.7 Å². The van der Waals surface area contributed by atoms with Gasteiger partial charge in [0.2, 0.25) is 0 Å². The average molecular weight is 366 g/mol. The molecule has 0 fully saturated rings. The van der Waals surface area contributed by atoms with E-state index in [1.165, 1.54) is 22.3 Å². The van der Waals surface area contributed by atoms with Crippen LogP contribution in [0, 0.1) is 0 Å². The molecule has 1 aliphatic carbocycles. The summed E-state index contributed by atoms with van der Waals surface area (Å²) in [6.07, 6.45) is 1.22. The molecule has 0 aliphatic heterocycles. The zero-order chi connectivity index (χ0) is 18.9. The number of para-hydroxylation sites is 1. The van der Waals surface area contributed by atoms with Gasteiger partial charge >= 0.3 is 6.09 Å². The van der Waals surface area contributed by atoms with Crippen molar-refractivity contribution in [1.82, 2.24) is 4.98 Å². The lowest BCUT2D eigenvalue weighted by molar-refractivity contribution is 0.158. The first kappa shape index (κ1) is 16.5. The van der Waals surface area contributed by atoms with Gasteiger partial charge in [-0.2, -0.15) is 0 Å². The molecule has 0 bridgehead atoms. The number of carbonyl (C=O) groups excluding carboxylic acids is 1. The molecule has 1 aromatic heterocycles. The van der Waals surface area contributed by atoms with Crippen LogP contribution in [-0.2, 0) is 4.74 Å². The Bertz CT molecular complexity index is 1140. The number of carbonyl (C=O) groups is 1. The smallest absolute Gasteiger partial charge is 0.411 e. The molecule has 0 atom stereocenters. The van der Waals surface area contributed by atoms with Crippen molar-refractivity contribution in [1.29, 1.82) is 0 Å². The van der Waals surface area contributed by atoms with Gasteiger partial charge in [-0.1, -0.05) is 66.7 Å². The Kier molecular flexibility index (Phi) is 4.02. The maximum absolute atomic E-state index is 12.5. The van der Waals surface area contributed by atoms with Gasteiger partial charge in [0.15, 0.2) is 0 Å². The van der Waals surface area contributed by atoms with Gasteiger partial charge in [-0.15, -0.1) is 0 Å². The van der Waals surface area contributed by atoms with E-state index in [1.807, 2.05) is 48.5 Å². The molecule has 4 nitrogen and oxygen atoms in total. The fourth-order valence-electron chi connectivity index (χ4n) is 3.95. The van der Waals surface area contributed by atoms with Gasteiger partial charge in [-0.3, -0.25) is 10.3 Å². The summed E-state index contributed by atoms with van der Waals surface area (Å²) in [5, 5.41) is 3.74. The van der Waals surface area contributed by atoms with Crippen molar-refractivity contribution >= 4 is 22.7 Å². The maximum Gasteiger partial charge on any atom is 0.411 e. The molecule has 0 spiro atoms. The highest BCUT2D eigenvalue weighted by atomic mass is 16.5. The van der Waals surface area contributed by atoms with E-state index >= 15 is 0 Å². The minimum atomic E-state index is -0.460. The SMILES string of the molecule is O=C(Nc1ccnc2ccccc12)OCC1c2ccccc2-c2ccccc21. The summed E-state index contributed by atoms with van der Waals surface area (Å²) in [5.41, 5.74) is 6.36. The first-order valence-corrected chi connectivity index (χ1v) is 9.27. The average Bonchev–Trinajstić information content (AvgIpc) is 3.06. The molecular formula is C24H18N2O2. The molecule has 4 heteroatoms. The molecule has 3 aromatic carbocycles. The summed E-state index contributed by atoms with van der Waals surface area (Å²) < 4.78 is 5.62. The van der Waals surface area contributed by atoms with E-state index in [1.54, 1.807) is 12.3 Å². The maximum atomic E-state index is 12.5. The number of ether oxygens (including phenoxy) is 1. The van der Waals surface area contributed by atoms with Gasteiger partial charge in [0.1, 0.15) is 6.61 Å². The fraction of sp³-hybridized carbons (Fsp3) is 0.0833. The molecule has 1 amide bonds. The highest BCUT2D eigenvalue weighted by Gasteiger charge is 2.29. The van der Waals surface area contributed by atoms with Gasteiger partial charge < -0.3 is 4.74 Å². The van der Waals surface area contributed by atoms with Gasteiger partial charge in [0.25, 0.3) is 0 Å². The van der Waals surface area contributed by atoms with Crippen molar-refractivity contribution in [2.24, 2.45) is 0 Å². The predicted molar refractivity (Wildman–Crippen MR) is 110 cm³/mol. The van der Waals surface area contributed by atoms with E-state index in [4.69, 9.17) is 4.74 Å². The van der Waals surface area contributed by atoms with Crippen molar-refractivity contribution in [2.45, 2.75) is 5.92 Å². The second-order valence-corrected chi connectivity index (χ2v) is 6.83. The molecule has 1 heterocycles. The van der Waals surface area contributed by atoms with Gasteiger partial charge in [0.05, 0.1) is 11.2 Å². The molecule has 4 aromatic rings. The van der Waals surface area contributed by atoms with Crippen LogP contribution in [0.3, 0.4) is 0 Å². The van der Waals surface area contributed by atoms with Crippen LogP contribution in [0.2, 0.25) is 0 Å². The summed E-state index contributed by atoms with van der Waals surface area (Å²) in [4.78, 5) is 16.8. The molecule has 1 aliphatic rings. The van der Waals surface area contributed by atoms with E-state index in [2.05, 4.69) is 34.6 Å².